The van der Waals surface area contributed by atoms with Gasteiger partial charge in [0.2, 0.25) is 5.91 Å². The summed E-state index contributed by atoms with van der Waals surface area (Å²) in [5.41, 5.74) is -0.105. The molecule has 4 nitrogen and oxygen atoms in total. The molecule has 2 aliphatic rings. The van der Waals surface area contributed by atoms with Gasteiger partial charge in [0, 0.05) is 39.1 Å². The van der Waals surface area contributed by atoms with E-state index in [1.807, 2.05) is 0 Å². The summed E-state index contributed by atoms with van der Waals surface area (Å²) in [4.78, 5) is 10.8. The van der Waals surface area contributed by atoms with Crippen LogP contribution in [0.5, 0.6) is 0 Å². The lowest BCUT2D eigenvalue weighted by atomic mass is 9.91. The molecule has 0 aromatic carbocycles. The third kappa shape index (κ3) is 1.56. The summed E-state index contributed by atoms with van der Waals surface area (Å²) in [6.07, 6.45) is 1.12. The first-order chi connectivity index (χ1) is 6.23. The fourth-order valence-corrected chi connectivity index (χ4v) is 2.26. The molecule has 0 aliphatic carbocycles. The maximum atomic E-state index is 10.8. The van der Waals surface area contributed by atoms with E-state index >= 15 is 0 Å². The van der Waals surface area contributed by atoms with Crippen LogP contribution in [-0.2, 0) is 9.53 Å². The summed E-state index contributed by atoms with van der Waals surface area (Å²) in [5.74, 6) is 0.606. The molecule has 74 valence electrons. The highest BCUT2D eigenvalue weighted by molar-refractivity contribution is 5.72. The summed E-state index contributed by atoms with van der Waals surface area (Å²) in [5, 5.41) is 6.16. The predicted molar refractivity (Wildman–Crippen MR) is 48.3 cm³/mol. The van der Waals surface area contributed by atoms with Gasteiger partial charge in [-0.05, 0) is 6.42 Å². The molecule has 2 heterocycles. The number of fused-ring (bicyclic) bond motifs is 1. The number of amides is 1. The molecule has 0 saturated carbocycles. The van der Waals surface area contributed by atoms with Crippen LogP contribution in [0.4, 0.5) is 0 Å². The topological polar surface area (TPSA) is 50.4 Å². The van der Waals surface area contributed by atoms with Gasteiger partial charge in [0.1, 0.15) is 5.60 Å². The van der Waals surface area contributed by atoms with E-state index in [9.17, 15) is 4.79 Å². The molecule has 1 amide bonds. The quantitative estimate of drug-likeness (QED) is 0.608. The highest BCUT2D eigenvalue weighted by atomic mass is 16.5. The van der Waals surface area contributed by atoms with Crippen LogP contribution in [0.3, 0.4) is 0 Å². The Morgan fingerprint density at radius 1 is 1.77 bits per heavy atom. The van der Waals surface area contributed by atoms with Gasteiger partial charge in [-0.15, -0.1) is 0 Å². The summed E-state index contributed by atoms with van der Waals surface area (Å²) >= 11 is 0. The molecule has 2 saturated heterocycles. The molecule has 2 fully saturated rings. The lowest BCUT2D eigenvalue weighted by molar-refractivity contribution is -0.120. The molecular formula is C9H16N2O2. The van der Waals surface area contributed by atoms with E-state index in [2.05, 4.69) is 10.6 Å². The van der Waals surface area contributed by atoms with E-state index in [1.165, 1.54) is 0 Å². The first-order valence-electron chi connectivity index (χ1n) is 4.82. The van der Waals surface area contributed by atoms with Crippen LogP contribution in [-0.4, -0.2) is 37.7 Å². The van der Waals surface area contributed by atoms with Crippen molar-refractivity contribution in [1.29, 1.82) is 0 Å². The second kappa shape index (κ2) is 3.27. The second-order valence-electron chi connectivity index (χ2n) is 3.94. The summed E-state index contributed by atoms with van der Waals surface area (Å²) in [6.45, 7) is 4.94. The Hall–Kier alpha value is -0.610. The Morgan fingerprint density at radius 2 is 2.62 bits per heavy atom. The number of nitrogens with one attached hydrogen (secondary N) is 2. The average molecular weight is 184 g/mol. The molecular weight excluding hydrogens is 168 g/mol. The van der Waals surface area contributed by atoms with Crippen molar-refractivity contribution in [2.24, 2.45) is 5.92 Å². The molecule has 0 bridgehead atoms. The van der Waals surface area contributed by atoms with Crippen LogP contribution in [0.25, 0.3) is 0 Å². The molecule has 2 N–H and O–H groups in total. The fraction of sp³-hybridized carbons (Fsp3) is 0.889. The minimum absolute atomic E-state index is 0.0236. The second-order valence-corrected chi connectivity index (χ2v) is 3.94. The zero-order valence-electron chi connectivity index (χ0n) is 7.93. The Balaban J connectivity index is 1.97. The minimum Gasteiger partial charge on any atom is -0.371 e. The Bertz CT molecular complexity index is 208. The van der Waals surface area contributed by atoms with Gasteiger partial charge in [-0.25, -0.2) is 0 Å². The number of carbonyl (C=O) groups excluding carboxylic acids is 1. The number of hydrogen-bond acceptors (Lipinski definition) is 3. The van der Waals surface area contributed by atoms with Gasteiger partial charge in [-0.3, -0.25) is 4.79 Å². The summed E-state index contributed by atoms with van der Waals surface area (Å²) < 4.78 is 5.74. The van der Waals surface area contributed by atoms with Crippen molar-refractivity contribution in [3.05, 3.63) is 0 Å². The van der Waals surface area contributed by atoms with Gasteiger partial charge in [0.15, 0.2) is 0 Å². The predicted octanol–water partition coefficient (Wildman–Crippen LogP) is -0.499. The lowest BCUT2D eigenvalue weighted by Gasteiger charge is -2.27. The lowest BCUT2D eigenvalue weighted by Crippen LogP contribution is -2.47. The van der Waals surface area contributed by atoms with Crippen molar-refractivity contribution in [2.45, 2.75) is 18.9 Å². The first kappa shape index (κ1) is 8.97. The van der Waals surface area contributed by atoms with Crippen molar-refractivity contribution in [3.63, 3.8) is 0 Å². The van der Waals surface area contributed by atoms with Gasteiger partial charge < -0.3 is 15.4 Å². The van der Waals surface area contributed by atoms with Crippen LogP contribution < -0.4 is 10.6 Å². The molecule has 2 rings (SSSR count). The van der Waals surface area contributed by atoms with Crippen LogP contribution in [0.15, 0.2) is 0 Å². The molecule has 0 spiro atoms. The Labute approximate surface area is 78.0 Å². The average Bonchev–Trinajstić information content (AvgIpc) is 2.57. The van der Waals surface area contributed by atoms with Crippen LogP contribution in [0.2, 0.25) is 0 Å². The molecule has 0 radical (unpaired) electrons. The SMILES string of the molecule is CC(=O)NC[C@]12CNC[C@H]1CCO2. The number of ether oxygens (including phenoxy) is 1. The number of hydrogen-bond donors (Lipinski definition) is 2. The molecule has 13 heavy (non-hydrogen) atoms. The Kier molecular flexibility index (Phi) is 2.26. The summed E-state index contributed by atoms with van der Waals surface area (Å²) in [7, 11) is 0. The van der Waals surface area contributed by atoms with Crippen molar-refractivity contribution in [2.75, 3.05) is 26.2 Å². The number of carbonyl (C=O) groups is 1. The molecule has 0 unspecified atom stereocenters. The van der Waals surface area contributed by atoms with Crippen molar-refractivity contribution < 1.29 is 9.53 Å². The standard InChI is InChI=1S/C9H16N2O2/c1-7(12)11-6-9-5-10-4-8(9)2-3-13-9/h8,10H,2-6H2,1H3,(H,11,12)/t8-,9-/m1/s1. The largest absolute Gasteiger partial charge is 0.371 e. The van der Waals surface area contributed by atoms with Crippen LogP contribution >= 0.6 is 0 Å². The maximum absolute atomic E-state index is 10.8. The molecule has 4 heteroatoms. The Morgan fingerprint density at radius 3 is 3.38 bits per heavy atom. The van der Waals surface area contributed by atoms with Crippen LogP contribution in [0.1, 0.15) is 13.3 Å². The highest BCUT2D eigenvalue weighted by Crippen LogP contribution is 2.34. The van der Waals surface area contributed by atoms with Gasteiger partial charge in [-0.1, -0.05) is 0 Å². The third-order valence-corrected chi connectivity index (χ3v) is 3.05. The van der Waals surface area contributed by atoms with E-state index < -0.39 is 0 Å². The first-order valence-corrected chi connectivity index (χ1v) is 4.82. The van der Waals surface area contributed by atoms with Crippen molar-refractivity contribution in [3.8, 4) is 0 Å². The molecule has 2 atom stereocenters. The number of rotatable bonds is 2. The highest BCUT2D eigenvalue weighted by Gasteiger charge is 2.47. The zero-order chi connectivity index (χ0) is 9.31. The smallest absolute Gasteiger partial charge is 0.216 e. The van der Waals surface area contributed by atoms with Crippen molar-refractivity contribution >= 4 is 5.91 Å². The van der Waals surface area contributed by atoms with E-state index in [-0.39, 0.29) is 11.5 Å². The third-order valence-electron chi connectivity index (χ3n) is 3.05. The van der Waals surface area contributed by atoms with Crippen molar-refractivity contribution in [1.82, 2.24) is 10.6 Å². The minimum atomic E-state index is -0.105. The van der Waals surface area contributed by atoms with E-state index in [4.69, 9.17) is 4.74 Å². The molecule has 0 aromatic rings. The van der Waals surface area contributed by atoms with E-state index in [1.54, 1.807) is 6.92 Å². The van der Waals surface area contributed by atoms with Gasteiger partial charge >= 0.3 is 0 Å². The molecule has 2 aliphatic heterocycles. The maximum Gasteiger partial charge on any atom is 0.216 e. The van der Waals surface area contributed by atoms with Gasteiger partial charge in [-0.2, -0.15) is 0 Å². The normalized spacial score (nSPS) is 37.5. The fourth-order valence-electron chi connectivity index (χ4n) is 2.26. The van der Waals surface area contributed by atoms with Gasteiger partial charge in [0.25, 0.3) is 0 Å². The van der Waals surface area contributed by atoms with E-state index in [0.717, 1.165) is 26.1 Å². The molecule has 0 aromatic heterocycles. The zero-order valence-corrected chi connectivity index (χ0v) is 7.93. The van der Waals surface area contributed by atoms with Crippen LogP contribution in [0, 0.1) is 5.92 Å². The van der Waals surface area contributed by atoms with E-state index in [0.29, 0.717) is 12.5 Å². The summed E-state index contributed by atoms with van der Waals surface area (Å²) in [6, 6.07) is 0. The monoisotopic (exact) mass is 184 g/mol. The van der Waals surface area contributed by atoms with Gasteiger partial charge in [0.05, 0.1) is 0 Å².